The van der Waals surface area contributed by atoms with Crippen LogP contribution in [0.15, 0.2) is 24.3 Å². The molecule has 1 aliphatic rings. The van der Waals surface area contributed by atoms with Crippen molar-refractivity contribution >= 4 is 21.8 Å². The zero-order chi connectivity index (χ0) is 17.7. The van der Waals surface area contributed by atoms with Gasteiger partial charge in [0, 0.05) is 27.2 Å². The second-order valence-corrected chi connectivity index (χ2v) is 7.78. The molecule has 24 heavy (non-hydrogen) atoms. The Hall–Kier alpha value is -1.71. The van der Waals surface area contributed by atoms with Crippen LogP contribution in [0.5, 0.6) is 0 Å². The van der Waals surface area contributed by atoms with Crippen LogP contribution < -0.4 is 9.62 Å². The first kappa shape index (κ1) is 18.6. The number of hydrogen-bond acceptors (Lipinski definition) is 4. The summed E-state index contributed by atoms with van der Waals surface area (Å²) in [5, 5.41) is 2.68. The molecule has 1 fully saturated rings. The van der Waals surface area contributed by atoms with Crippen molar-refractivity contribution in [1.29, 1.82) is 0 Å². The van der Waals surface area contributed by atoms with E-state index in [-0.39, 0.29) is 11.8 Å². The molecule has 0 aliphatic carbocycles. The van der Waals surface area contributed by atoms with E-state index in [0.29, 0.717) is 13.2 Å². The molecule has 1 heterocycles. The number of anilines is 1. The molecule has 1 aromatic rings. The van der Waals surface area contributed by atoms with Gasteiger partial charge in [0.05, 0.1) is 11.8 Å². The highest BCUT2D eigenvalue weighted by Crippen LogP contribution is 2.19. The fraction of sp³-hybridized carbons (Fsp3) is 0.533. The monoisotopic (exact) mass is 359 g/mol. The number of nitrogens with zero attached hydrogens (tertiary/aromatic N) is 2. The molecule has 1 aromatic carbocycles. The number of hydrogen-bond donors (Lipinski definition) is 1. The molecule has 0 unspecified atom stereocenters. The first-order valence-electron chi connectivity index (χ1n) is 7.65. The summed E-state index contributed by atoms with van der Waals surface area (Å²) in [6.45, 7) is 0.633. The Bertz CT molecular complexity index is 658. The minimum atomic E-state index is -3.89. The Kier molecular flexibility index (Phi) is 6.14. The molecule has 1 aliphatic heterocycles. The zero-order valence-electron chi connectivity index (χ0n) is 13.7. The van der Waals surface area contributed by atoms with Gasteiger partial charge in [-0.25, -0.2) is 8.70 Å². The summed E-state index contributed by atoms with van der Waals surface area (Å²) in [6.07, 6.45) is 1.80. The van der Waals surface area contributed by atoms with Gasteiger partial charge in [0.1, 0.15) is 12.4 Å². The van der Waals surface area contributed by atoms with Crippen LogP contribution in [0, 0.1) is 5.82 Å². The third-order valence-corrected chi connectivity index (χ3v) is 5.51. The van der Waals surface area contributed by atoms with Crippen molar-refractivity contribution in [3.8, 4) is 0 Å². The lowest BCUT2D eigenvalue weighted by Crippen LogP contribution is -2.46. The predicted molar refractivity (Wildman–Crippen MR) is 88.3 cm³/mol. The van der Waals surface area contributed by atoms with E-state index in [2.05, 4.69) is 5.32 Å². The summed E-state index contributed by atoms with van der Waals surface area (Å²) in [6, 6.07) is 4.95. The minimum Gasteiger partial charge on any atom is -0.376 e. The molecular weight excluding hydrogens is 337 g/mol. The van der Waals surface area contributed by atoms with Crippen molar-refractivity contribution in [3.63, 3.8) is 0 Å². The lowest BCUT2D eigenvalue weighted by molar-refractivity contribution is -0.120. The maximum Gasteiger partial charge on any atom is 0.304 e. The SMILES string of the molecule is CN(C)S(=O)(=O)N(CC(=O)NC[C@H]1CCCO1)c1ccc(F)cc1. The number of carbonyl (C=O) groups is 1. The molecule has 1 N–H and O–H groups in total. The van der Waals surface area contributed by atoms with Gasteiger partial charge in [-0.1, -0.05) is 0 Å². The Morgan fingerprint density at radius 1 is 1.33 bits per heavy atom. The second kappa shape index (κ2) is 7.91. The molecule has 1 amide bonds. The van der Waals surface area contributed by atoms with Crippen LogP contribution in [0.4, 0.5) is 10.1 Å². The van der Waals surface area contributed by atoms with E-state index in [1.54, 1.807) is 0 Å². The number of ether oxygens (including phenoxy) is 1. The summed E-state index contributed by atoms with van der Waals surface area (Å²) in [7, 11) is -1.14. The van der Waals surface area contributed by atoms with E-state index in [9.17, 15) is 17.6 Å². The highest BCUT2D eigenvalue weighted by atomic mass is 32.2. The van der Waals surface area contributed by atoms with E-state index in [4.69, 9.17) is 4.74 Å². The lowest BCUT2D eigenvalue weighted by atomic mass is 10.2. The van der Waals surface area contributed by atoms with Gasteiger partial charge in [-0.15, -0.1) is 0 Å². The van der Waals surface area contributed by atoms with Crippen LogP contribution in [0.1, 0.15) is 12.8 Å². The largest absolute Gasteiger partial charge is 0.376 e. The maximum absolute atomic E-state index is 13.1. The average molecular weight is 359 g/mol. The average Bonchev–Trinajstić information content (AvgIpc) is 3.05. The third-order valence-electron chi connectivity index (χ3n) is 3.69. The number of rotatable bonds is 7. The molecule has 1 atom stereocenters. The van der Waals surface area contributed by atoms with Crippen LogP contribution in [-0.2, 0) is 19.7 Å². The van der Waals surface area contributed by atoms with Crippen molar-refractivity contribution in [3.05, 3.63) is 30.1 Å². The minimum absolute atomic E-state index is 0.0290. The topological polar surface area (TPSA) is 79.0 Å². The Morgan fingerprint density at radius 3 is 2.54 bits per heavy atom. The van der Waals surface area contributed by atoms with Crippen molar-refractivity contribution in [2.75, 3.05) is 38.1 Å². The van der Waals surface area contributed by atoms with E-state index < -0.39 is 28.5 Å². The smallest absolute Gasteiger partial charge is 0.304 e. The van der Waals surface area contributed by atoms with Gasteiger partial charge in [-0.05, 0) is 37.1 Å². The fourth-order valence-electron chi connectivity index (χ4n) is 2.33. The van der Waals surface area contributed by atoms with Crippen LogP contribution in [-0.4, -0.2) is 58.5 Å². The van der Waals surface area contributed by atoms with Crippen molar-refractivity contribution in [2.24, 2.45) is 0 Å². The highest BCUT2D eigenvalue weighted by Gasteiger charge is 2.27. The molecule has 0 bridgehead atoms. The Morgan fingerprint density at radius 2 is 2.00 bits per heavy atom. The van der Waals surface area contributed by atoms with Crippen LogP contribution in [0.2, 0.25) is 0 Å². The molecule has 7 nitrogen and oxygen atoms in total. The predicted octanol–water partition coefficient (Wildman–Crippen LogP) is 0.734. The number of halogens is 1. The van der Waals surface area contributed by atoms with Crippen LogP contribution in [0.3, 0.4) is 0 Å². The fourth-order valence-corrected chi connectivity index (χ4v) is 3.39. The van der Waals surface area contributed by atoms with E-state index >= 15 is 0 Å². The number of nitrogens with one attached hydrogen (secondary N) is 1. The highest BCUT2D eigenvalue weighted by molar-refractivity contribution is 7.90. The molecule has 9 heteroatoms. The summed E-state index contributed by atoms with van der Waals surface area (Å²) in [4.78, 5) is 12.2. The molecule has 0 radical (unpaired) electrons. The number of benzene rings is 1. The molecule has 2 rings (SSSR count). The number of amides is 1. The van der Waals surface area contributed by atoms with Crippen LogP contribution in [0.25, 0.3) is 0 Å². The van der Waals surface area contributed by atoms with Gasteiger partial charge in [0.2, 0.25) is 5.91 Å². The van der Waals surface area contributed by atoms with Gasteiger partial charge >= 0.3 is 10.2 Å². The number of carbonyl (C=O) groups excluding carboxylic acids is 1. The molecule has 134 valence electrons. The zero-order valence-corrected chi connectivity index (χ0v) is 14.6. The standard InChI is InChI=1S/C15H22FN3O4S/c1-18(2)24(21,22)19(13-7-5-12(16)6-8-13)11-15(20)17-10-14-4-3-9-23-14/h5-8,14H,3-4,9-11H2,1-2H3,(H,17,20)/t14-/m1/s1. The van der Waals surface area contributed by atoms with Gasteiger partial charge < -0.3 is 10.1 Å². The van der Waals surface area contributed by atoms with E-state index in [1.165, 1.54) is 26.2 Å². The van der Waals surface area contributed by atoms with E-state index in [1.807, 2.05) is 0 Å². The first-order chi connectivity index (χ1) is 11.3. The van der Waals surface area contributed by atoms with Crippen molar-refractivity contribution in [2.45, 2.75) is 18.9 Å². The Balaban J connectivity index is 2.10. The summed E-state index contributed by atoms with van der Waals surface area (Å²) in [5.41, 5.74) is 0.220. The molecule has 0 spiro atoms. The summed E-state index contributed by atoms with van der Waals surface area (Å²) >= 11 is 0. The third kappa shape index (κ3) is 4.65. The van der Waals surface area contributed by atoms with E-state index in [0.717, 1.165) is 33.6 Å². The molecule has 1 saturated heterocycles. The normalized spacial score (nSPS) is 17.9. The van der Waals surface area contributed by atoms with Crippen LogP contribution >= 0.6 is 0 Å². The van der Waals surface area contributed by atoms with Gasteiger partial charge in [0.15, 0.2) is 0 Å². The van der Waals surface area contributed by atoms with Gasteiger partial charge in [-0.2, -0.15) is 12.7 Å². The molecule has 0 saturated carbocycles. The quantitative estimate of drug-likeness (QED) is 0.779. The lowest BCUT2D eigenvalue weighted by Gasteiger charge is -2.27. The van der Waals surface area contributed by atoms with Crippen molar-refractivity contribution < 1.29 is 22.3 Å². The summed E-state index contributed by atoms with van der Waals surface area (Å²) in [5.74, 6) is -0.927. The van der Waals surface area contributed by atoms with Crippen molar-refractivity contribution in [1.82, 2.24) is 9.62 Å². The van der Waals surface area contributed by atoms with Gasteiger partial charge in [-0.3, -0.25) is 4.79 Å². The molecular formula is C15H22FN3O4S. The Labute approximate surface area is 141 Å². The summed E-state index contributed by atoms with van der Waals surface area (Å²) < 4.78 is 45.4. The first-order valence-corrected chi connectivity index (χ1v) is 9.04. The molecule has 0 aromatic heterocycles. The van der Waals surface area contributed by atoms with Gasteiger partial charge in [0.25, 0.3) is 0 Å². The second-order valence-electron chi connectivity index (χ2n) is 5.71. The maximum atomic E-state index is 13.1.